The number of rotatable bonds is 2. The van der Waals surface area contributed by atoms with E-state index in [1.807, 2.05) is 4.98 Å². The SMILES string of the molecule is O=c1[nH]cc(CCl)c(F)c1C(F)F. The third-order valence-corrected chi connectivity index (χ3v) is 1.79. The van der Waals surface area contributed by atoms with Crippen LogP contribution in [0.4, 0.5) is 13.2 Å². The number of aromatic amines is 1. The molecule has 72 valence electrons. The fourth-order valence-corrected chi connectivity index (χ4v) is 1.05. The van der Waals surface area contributed by atoms with Crippen molar-refractivity contribution in [2.75, 3.05) is 0 Å². The second-order valence-corrected chi connectivity index (χ2v) is 2.57. The molecule has 0 aliphatic rings. The molecule has 0 aliphatic carbocycles. The zero-order valence-corrected chi connectivity index (χ0v) is 7.04. The summed E-state index contributed by atoms with van der Waals surface area (Å²) in [6, 6.07) is 0. The molecule has 0 fully saturated rings. The van der Waals surface area contributed by atoms with Crippen LogP contribution < -0.4 is 5.56 Å². The van der Waals surface area contributed by atoms with Gasteiger partial charge in [-0.25, -0.2) is 13.2 Å². The molecule has 0 aliphatic heterocycles. The highest BCUT2D eigenvalue weighted by molar-refractivity contribution is 6.17. The molecule has 0 atom stereocenters. The van der Waals surface area contributed by atoms with E-state index in [4.69, 9.17) is 11.6 Å². The van der Waals surface area contributed by atoms with Gasteiger partial charge in [0, 0.05) is 11.8 Å². The first-order chi connectivity index (χ1) is 6.07. The summed E-state index contributed by atoms with van der Waals surface area (Å²) in [7, 11) is 0. The summed E-state index contributed by atoms with van der Waals surface area (Å²) < 4.78 is 37.2. The van der Waals surface area contributed by atoms with E-state index in [-0.39, 0.29) is 11.4 Å². The van der Waals surface area contributed by atoms with Crippen molar-refractivity contribution in [1.29, 1.82) is 0 Å². The Hall–Kier alpha value is -0.970. The lowest BCUT2D eigenvalue weighted by atomic mass is 10.2. The van der Waals surface area contributed by atoms with Gasteiger partial charge in [0.25, 0.3) is 12.0 Å². The van der Waals surface area contributed by atoms with Crippen molar-refractivity contribution in [1.82, 2.24) is 4.98 Å². The Bertz CT molecular complexity index is 363. The third-order valence-electron chi connectivity index (χ3n) is 1.50. The molecule has 0 saturated heterocycles. The van der Waals surface area contributed by atoms with Gasteiger partial charge in [0.2, 0.25) is 0 Å². The van der Waals surface area contributed by atoms with Crippen molar-refractivity contribution >= 4 is 11.6 Å². The molecule has 13 heavy (non-hydrogen) atoms. The van der Waals surface area contributed by atoms with E-state index >= 15 is 0 Å². The Balaban J connectivity index is 3.39. The highest BCUT2D eigenvalue weighted by Crippen LogP contribution is 2.20. The van der Waals surface area contributed by atoms with Crippen LogP contribution in [0.25, 0.3) is 0 Å². The van der Waals surface area contributed by atoms with Gasteiger partial charge in [-0.3, -0.25) is 4.79 Å². The van der Waals surface area contributed by atoms with E-state index in [0.717, 1.165) is 6.20 Å². The molecule has 0 aromatic carbocycles. The van der Waals surface area contributed by atoms with Gasteiger partial charge in [-0.2, -0.15) is 0 Å². The van der Waals surface area contributed by atoms with Crippen molar-refractivity contribution in [2.45, 2.75) is 12.3 Å². The van der Waals surface area contributed by atoms with Crippen molar-refractivity contribution in [3.8, 4) is 0 Å². The van der Waals surface area contributed by atoms with Gasteiger partial charge in [-0.15, -0.1) is 11.6 Å². The number of H-pyrrole nitrogens is 1. The van der Waals surface area contributed by atoms with Crippen LogP contribution in [0.5, 0.6) is 0 Å². The van der Waals surface area contributed by atoms with Gasteiger partial charge in [-0.05, 0) is 0 Å². The minimum Gasteiger partial charge on any atom is -0.328 e. The van der Waals surface area contributed by atoms with Gasteiger partial charge in [0.05, 0.1) is 5.88 Å². The van der Waals surface area contributed by atoms with E-state index in [1.54, 1.807) is 0 Å². The van der Waals surface area contributed by atoms with Gasteiger partial charge in [0.1, 0.15) is 11.4 Å². The summed E-state index contributed by atoms with van der Waals surface area (Å²) in [5.74, 6) is -1.49. The number of hydrogen-bond donors (Lipinski definition) is 1. The number of nitrogens with one attached hydrogen (secondary N) is 1. The van der Waals surface area contributed by atoms with E-state index in [1.165, 1.54) is 0 Å². The molecule has 1 heterocycles. The van der Waals surface area contributed by atoms with Crippen molar-refractivity contribution < 1.29 is 13.2 Å². The lowest BCUT2D eigenvalue weighted by Crippen LogP contribution is -2.16. The molecular formula is C7H5ClF3NO. The molecule has 1 aromatic heterocycles. The van der Waals surface area contributed by atoms with Crippen LogP contribution in [0.2, 0.25) is 0 Å². The smallest absolute Gasteiger partial charge is 0.272 e. The molecule has 6 heteroatoms. The number of halogens is 4. The first kappa shape index (κ1) is 10.1. The number of hydrogen-bond acceptors (Lipinski definition) is 1. The summed E-state index contributed by atoms with van der Waals surface area (Å²) in [5.41, 5.74) is -2.42. The van der Waals surface area contributed by atoms with Crippen LogP contribution in [0, 0.1) is 5.82 Å². The van der Waals surface area contributed by atoms with Gasteiger partial charge in [-0.1, -0.05) is 0 Å². The molecule has 0 radical (unpaired) electrons. The van der Waals surface area contributed by atoms with Crippen LogP contribution in [0.15, 0.2) is 11.0 Å². The Labute approximate surface area is 76.3 Å². The maximum Gasteiger partial charge on any atom is 0.272 e. The summed E-state index contributed by atoms with van der Waals surface area (Å²) in [6.45, 7) is 0. The van der Waals surface area contributed by atoms with Crippen LogP contribution in [-0.4, -0.2) is 4.98 Å². The average Bonchev–Trinajstić information content (AvgIpc) is 2.04. The molecule has 0 amide bonds. The van der Waals surface area contributed by atoms with Gasteiger partial charge >= 0.3 is 0 Å². The molecule has 0 spiro atoms. The lowest BCUT2D eigenvalue weighted by molar-refractivity contribution is 0.144. The quantitative estimate of drug-likeness (QED) is 0.748. The van der Waals surface area contributed by atoms with Crippen LogP contribution in [0.1, 0.15) is 17.6 Å². The summed E-state index contributed by atoms with van der Waals surface area (Å²) in [5, 5.41) is 0. The molecular weight excluding hydrogens is 207 g/mol. The summed E-state index contributed by atoms with van der Waals surface area (Å²) >= 11 is 5.25. The third kappa shape index (κ3) is 1.85. The first-order valence-corrected chi connectivity index (χ1v) is 3.85. The molecule has 2 nitrogen and oxygen atoms in total. The van der Waals surface area contributed by atoms with E-state index in [2.05, 4.69) is 0 Å². The summed E-state index contributed by atoms with van der Waals surface area (Å²) in [4.78, 5) is 12.7. The van der Waals surface area contributed by atoms with Crippen molar-refractivity contribution in [3.05, 3.63) is 33.5 Å². The second kappa shape index (κ2) is 3.83. The maximum absolute atomic E-state index is 13.0. The zero-order chi connectivity index (χ0) is 10.0. The number of alkyl halides is 3. The van der Waals surface area contributed by atoms with Crippen molar-refractivity contribution in [3.63, 3.8) is 0 Å². The molecule has 0 bridgehead atoms. The predicted molar refractivity (Wildman–Crippen MR) is 41.5 cm³/mol. The standard InChI is InChI=1S/C7H5ClF3NO/c8-1-3-2-12-7(13)4(5(3)9)6(10)11/h2,6H,1H2,(H,12,13). The van der Waals surface area contributed by atoms with Gasteiger partial charge < -0.3 is 4.98 Å². The summed E-state index contributed by atoms with van der Waals surface area (Å²) in [6.07, 6.45) is -2.15. The van der Waals surface area contributed by atoms with Crippen LogP contribution in [-0.2, 0) is 5.88 Å². The number of pyridine rings is 1. The first-order valence-electron chi connectivity index (χ1n) is 3.32. The monoisotopic (exact) mass is 211 g/mol. The topological polar surface area (TPSA) is 32.9 Å². The Kier molecular flexibility index (Phi) is 2.98. The fraction of sp³-hybridized carbons (Fsp3) is 0.286. The lowest BCUT2D eigenvalue weighted by Gasteiger charge is -2.03. The molecule has 0 unspecified atom stereocenters. The van der Waals surface area contributed by atoms with Gasteiger partial charge in [0.15, 0.2) is 0 Å². The molecule has 1 rings (SSSR count). The molecule has 0 saturated carbocycles. The van der Waals surface area contributed by atoms with E-state index in [0.29, 0.717) is 0 Å². The minimum atomic E-state index is -3.13. The molecule has 1 aromatic rings. The Morgan fingerprint density at radius 2 is 2.15 bits per heavy atom. The van der Waals surface area contributed by atoms with Crippen LogP contribution in [0.3, 0.4) is 0 Å². The molecule has 1 N–H and O–H groups in total. The van der Waals surface area contributed by atoms with Crippen LogP contribution >= 0.6 is 11.6 Å². The minimum absolute atomic E-state index is 0.142. The Morgan fingerprint density at radius 1 is 1.54 bits per heavy atom. The van der Waals surface area contributed by atoms with E-state index < -0.39 is 23.4 Å². The van der Waals surface area contributed by atoms with Crippen molar-refractivity contribution in [2.24, 2.45) is 0 Å². The average molecular weight is 212 g/mol. The number of aromatic nitrogens is 1. The second-order valence-electron chi connectivity index (χ2n) is 2.31. The Morgan fingerprint density at radius 3 is 2.62 bits per heavy atom. The largest absolute Gasteiger partial charge is 0.328 e. The highest BCUT2D eigenvalue weighted by atomic mass is 35.5. The normalized spacial score (nSPS) is 10.8. The zero-order valence-electron chi connectivity index (χ0n) is 6.28. The fourth-order valence-electron chi connectivity index (χ4n) is 0.859. The maximum atomic E-state index is 13.0. The van der Waals surface area contributed by atoms with E-state index in [9.17, 15) is 18.0 Å². The predicted octanol–water partition coefficient (Wildman–Crippen LogP) is 2.19. The highest BCUT2D eigenvalue weighted by Gasteiger charge is 2.20.